The van der Waals surface area contributed by atoms with Crippen LogP contribution in [0.25, 0.3) is 5.69 Å². The first-order valence-electron chi connectivity index (χ1n) is 9.26. The largest absolute Gasteiger partial charge is 0.355 e. The monoisotopic (exact) mass is 400 g/mol. The van der Waals surface area contributed by atoms with Crippen LogP contribution in [-0.4, -0.2) is 45.1 Å². The van der Waals surface area contributed by atoms with Crippen molar-refractivity contribution in [3.63, 3.8) is 0 Å². The Kier molecular flexibility index (Phi) is 6.49. The average molecular weight is 401 g/mol. The van der Waals surface area contributed by atoms with Crippen molar-refractivity contribution in [2.24, 2.45) is 13.0 Å². The van der Waals surface area contributed by atoms with E-state index in [9.17, 15) is 4.79 Å². The van der Waals surface area contributed by atoms with Crippen LogP contribution in [0.4, 0.5) is 0 Å². The van der Waals surface area contributed by atoms with Gasteiger partial charge in [-0.2, -0.15) is 10.2 Å². The molecule has 2 aromatic heterocycles. The number of carbonyl (C=O) groups excluding carboxylic acids is 1. The van der Waals surface area contributed by atoms with Gasteiger partial charge in [-0.15, -0.1) is 12.4 Å². The van der Waals surface area contributed by atoms with Crippen LogP contribution in [0.1, 0.15) is 17.0 Å². The van der Waals surface area contributed by atoms with Crippen LogP contribution in [0.2, 0.25) is 0 Å². The van der Waals surface area contributed by atoms with Crippen LogP contribution in [0.15, 0.2) is 55.1 Å². The number of carbonyl (C=O) groups is 1. The summed E-state index contributed by atoms with van der Waals surface area (Å²) < 4.78 is 3.64. The van der Waals surface area contributed by atoms with Gasteiger partial charge in [-0.25, -0.2) is 4.68 Å². The molecular weight excluding hydrogens is 376 g/mol. The molecule has 4 rings (SSSR count). The Balaban J connectivity index is 0.00000225. The summed E-state index contributed by atoms with van der Waals surface area (Å²) in [6, 6.07) is 10.0. The van der Waals surface area contributed by atoms with Crippen molar-refractivity contribution in [1.82, 2.24) is 30.2 Å². The number of aryl methyl sites for hydroxylation is 1. The quantitative estimate of drug-likeness (QED) is 0.660. The molecule has 0 aliphatic carbocycles. The summed E-state index contributed by atoms with van der Waals surface area (Å²) in [7, 11) is 1.90. The molecule has 148 valence electrons. The normalized spacial score (nSPS) is 18.6. The predicted octanol–water partition coefficient (Wildman–Crippen LogP) is 1.69. The van der Waals surface area contributed by atoms with Gasteiger partial charge >= 0.3 is 0 Å². The van der Waals surface area contributed by atoms with Gasteiger partial charge in [-0.05, 0) is 29.7 Å². The van der Waals surface area contributed by atoms with Crippen molar-refractivity contribution in [3.05, 3.63) is 66.2 Å². The second kappa shape index (κ2) is 9.03. The zero-order valence-electron chi connectivity index (χ0n) is 15.8. The van der Waals surface area contributed by atoms with Crippen LogP contribution < -0.4 is 10.6 Å². The van der Waals surface area contributed by atoms with Crippen LogP contribution in [0.3, 0.4) is 0 Å². The van der Waals surface area contributed by atoms with E-state index in [-0.39, 0.29) is 30.2 Å². The molecule has 8 heteroatoms. The van der Waals surface area contributed by atoms with Crippen LogP contribution in [0, 0.1) is 5.92 Å². The number of hydrogen-bond donors (Lipinski definition) is 2. The van der Waals surface area contributed by atoms with E-state index in [0.29, 0.717) is 13.1 Å². The van der Waals surface area contributed by atoms with Gasteiger partial charge in [0.15, 0.2) is 0 Å². The summed E-state index contributed by atoms with van der Waals surface area (Å²) in [5, 5.41) is 15.0. The minimum absolute atomic E-state index is 0. The maximum atomic E-state index is 12.7. The number of amides is 1. The molecule has 7 nitrogen and oxygen atoms in total. The molecular formula is C20H25ClN6O. The maximum Gasteiger partial charge on any atom is 0.225 e. The van der Waals surface area contributed by atoms with Crippen molar-refractivity contribution in [1.29, 1.82) is 0 Å². The second-order valence-electron chi connectivity index (χ2n) is 6.99. The predicted molar refractivity (Wildman–Crippen MR) is 110 cm³/mol. The highest BCUT2D eigenvalue weighted by molar-refractivity contribution is 5.85. The van der Waals surface area contributed by atoms with Gasteiger partial charge < -0.3 is 10.6 Å². The van der Waals surface area contributed by atoms with Crippen molar-refractivity contribution in [2.45, 2.75) is 12.3 Å². The first-order valence-corrected chi connectivity index (χ1v) is 9.26. The van der Waals surface area contributed by atoms with Crippen molar-refractivity contribution >= 4 is 18.3 Å². The lowest BCUT2D eigenvalue weighted by Crippen LogP contribution is -2.35. The lowest BCUT2D eigenvalue weighted by molar-refractivity contribution is -0.124. The Hall–Kier alpha value is -2.64. The fourth-order valence-corrected chi connectivity index (χ4v) is 3.61. The summed E-state index contributed by atoms with van der Waals surface area (Å²) in [5.74, 6) is 0.227. The highest BCUT2D eigenvalue weighted by Gasteiger charge is 2.34. The fraction of sp³-hybridized carbons (Fsp3) is 0.350. The Morgan fingerprint density at radius 1 is 1.18 bits per heavy atom. The second-order valence-corrected chi connectivity index (χ2v) is 6.99. The molecule has 0 radical (unpaired) electrons. The molecule has 3 aromatic rings. The Morgan fingerprint density at radius 3 is 2.75 bits per heavy atom. The summed E-state index contributed by atoms with van der Waals surface area (Å²) >= 11 is 0. The molecule has 0 spiro atoms. The Morgan fingerprint density at radius 2 is 2.00 bits per heavy atom. The van der Waals surface area contributed by atoms with Gasteiger partial charge in [-0.3, -0.25) is 9.48 Å². The molecule has 0 saturated carbocycles. The van der Waals surface area contributed by atoms with Gasteiger partial charge in [0, 0.05) is 45.0 Å². The third kappa shape index (κ3) is 4.43. The number of aromatic nitrogens is 4. The van der Waals surface area contributed by atoms with Gasteiger partial charge in [-0.1, -0.05) is 18.2 Å². The molecule has 3 heterocycles. The number of nitrogens with zero attached hydrogens (tertiary/aromatic N) is 4. The molecule has 1 aliphatic rings. The lowest BCUT2D eigenvalue weighted by atomic mass is 9.90. The fourth-order valence-electron chi connectivity index (χ4n) is 3.61. The number of rotatable bonds is 6. The van der Waals surface area contributed by atoms with E-state index < -0.39 is 0 Å². The topological polar surface area (TPSA) is 76.8 Å². The maximum absolute atomic E-state index is 12.7. The molecule has 1 saturated heterocycles. The Labute approximate surface area is 170 Å². The lowest BCUT2D eigenvalue weighted by Gasteiger charge is -2.16. The van der Waals surface area contributed by atoms with Gasteiger partial charge in [0.05, 0.1) is 24.0 Å². The van der Waals surface area contributed by atoms with Gasteiger partial charge in [0.2, 0.25) is 5.91 Å². The molecule has 2 N–H and O–H groups in total. The van der Waals surface area contributed by atoms with Crippen LogP contribution in [0.5, 0.6) is 0 Å². The summed E-state index contributed by atoms with van der Waals surface area (Å²) in [4.78, 5) is 12.7. The first kappa shape index (κ1) is 20.1. The van der Waals surface area contributed by atoms with E-state index >= 15 is 0 Å². The average Bonchev–Trinajstić information content (AvgIpc) is 3.42. The van der Waals surface area contributed by atoms with Crippen LogP contribution >= 0.6 is 12.4 Å². The van der Waals surface area contributed by atoms with Crippen molar-refractivity contribution < 1.29 is 4.79 Å². The van der Waals surface area contributed by atoms with E-state index in [1.807, 2.05) is 66.8 Å². The summed E-state index contributed by atoms with van der Waals surface area (Å²) in [6.07, 6.45) is 8.48. The third-order valence-corrected chi connectivity index (χ3v) is 5.07. The summed E-state index contributed by atoms with van der Waals surface area (Å²) in [5.41, 5.74) is 3.25. The molecule has 0 bridgehead atoms. The molecule has 1 aliphatic heterocycles. The number of hydrogen-bond acceptors (Lipinski definition) is 4. The van der Waals surface area contributed by atoms with E-state index in [2.05, 4.69) is 20.8 Å². The minimum Gasteiger partial charge on any atom is -0.355 e. The van der Waals surface area contributed by atoms with Crippen LogP contribution in [-0.2, 0) is 18.3 Å². The van der Waals surface area contributed by atoms with Crippen molar-refractivity contribution in [3.8, 4) is 5.69 Å². The van der Waals surface area contributed by atoms with E-state index in [1.165, 1.54) is 0 Å². The molecule has 28 heavy (non-hydrogen) atoms. The molecule has 1 aromatic carbocycles. The molecule has 1 amide bonds. The van der Waals surface area contributed by atoms with E-state index in [0.717, 1.165) is 29.8 Å². The summed E-state index contributed by atoms with van der Waals surface area (Å²) in [6.45, 7) is 2.13. The van der Waals surface area contributed by atoms with E-state index in [1.54, 1.807) is 4.68 Å². The number of nitrogens with one attached hydrogen (secondary N) is 2. The molecule has 1 fully saturated rings. The molecule has 0 unspecified atom stereocenters. The minimum atomic E-state index is -0.0544. The number of benzene rings is 1. The third-order valence-electron chi connectivity index (χ3n) is 5.07. The van der Waals surface area contributed by atoms with Gasteiger partial charge in [0.25, 0.3) is 0 Å². The SMILES string of the molecule is Cl.Cn1cc([C@H]2CNC[C@@H]2C(=O)NCCc2cnn(-c3ccccc3)c2)cn1. The highest BCUT2D eigenvalue weighted by Crippen LogP contribution is 2.27. The zero-order chi connectivity index (χ0) is 18.6. The van der Waals surface area contributed by atoms with Crippen molar-refractivity contribution in [2.75, 3.05) is 19.6 Å². The first-order chi connectivity index (χ1) is 13.2. The Bertz CT molecular complexity index is 906. The van der Waals surface area contributed by atoms with E-state index in [4.69, 9.17) is 0 Å². The molecule has 2 atom stereocenters. The smallest absolute Gasteiger partial charge is 0.225 e. The highest BCUT2D eigenvalue weighted by atomic mass is 35.5. The van der Waals surface area contributed by atoms with Gasteiger partial charge in [0.1, 0.15) is 0 Å². The standard InChI is InChI=1S/C20H24N6O.ClH/c1-25-14-16(10-23-25)18-11-21-12-19(18)20(27)22-8-7-15-9-24-26(13-15)17-5-3-2-4-6-17;/h2-6,9-10,13-14,18-19,21H,7-8,11-12H2,1H3,(H,22,27);1H/t18-,19+;/m1./s1. The number of para-hydroxylation sites is 1. The zero-order valence-corrected chi connectivity index (χ0v) is 16.6. The number of halogens is 1.